The van der Waals surface area contributed by atoms with Crippen molar-refractivity contribution in [2.45, 2.75) is 53.0 Å². The Balaban J connectivity index is 3.60. The molecule has 1 unspecified atom stereocenters. The van der Waals surface area contributed by atoms with Gasteiger partial charge in [-0.15, -0.1) is 0 Å². The molecule has 0 bridgehead atoms. The molecule has 0 aromatic heterocycles. The Morgan fingerprint density at radius 2 is 1.93 bits per heavy atom. The van der Waals surface area contributed by atoms with E-state index in [1.807, 2.05) is 0 Å². The second kappa shape index (κ2) is 7.24. The Hall–Kier alpha value is -0.0800. The predicted molar refractivity (Wildman–Crippen MR) is 62.6 cm³/mol. The third-order valence-corrected chi connectivity index (χ3v) is 2.34. The molecule has 1 atom stereocenters. The highest BCUT2D eigenvalue weighted by atomic mass is 16.5. The summed E-state index contributed by atoms with van der Waals surface area (Å²) in [6.07, 6.45) is 3.79. The van der Waals surface area contributed by atoms with Crippen molar-refractivity contribution in [3.63, 3.8) is 0 Å². The van der Waals surface area contributed by atoms with Crippen molar-refractivity contribution in [3.05, 3.63) is 0 Å². The minimum Gasteiger partial charge on any atom is -0.383 e. The first kappa shape index (κ1) is 13.9. The van der Waals surface area contributed by atoms with E-state index in [0.717, 1.165) is 13.2 Å². The quantitative estimate of drug-likeness (QED) is 0.684. The van der Waals surface area contributed by atoms with Gasteiger partial charge >= 0.3 is 0 Å². The molecule has 0 spiro atoms. The molecule has 14 heavy (non-hydrogen) atoms. The van der Waals surface area contributed by atoms with Crippen LogP contribution >= 0.6 is 0 Å². The number of hydrogen-bond donors (Lipinski definition) is 1. The van der Waals surface area contributed by atoms with Crippen LogP contribution in [0.25, 0.3) is 0 Å². The van der Waals surface area contributed by atoms with Crippen LogP contribution in [-0.4, -0.2) is 26.3 Å². The maximum atomic E-state index is 5.18. The van der Waals surface area contributed by atoms with Crippen LogP contribution in [0.15, 0.2) is 0 Å². The summed E-state index contributed by atoms with van der Waals surface area (Å²) in [7, 11) is 1.77. The topological polar surface area (TPSA) is 21.3 Å². The fraction of sp³-hybridized carbons (Fsp3) is 1.00. The van der Waals surface area contributed by atoms with E-state index < -0.39 is 0 Å². The molecule has 0 heterocycles. The van der Waals surface area contributed by atoms with Gasteiger partial charge in [0.1, 0.15) is 0 Å². The highest BCUT2D eigenvalue weighted by Gasteiger charge is 2.12. The molecule has 0 rings (SSSR count). The molecule has 0 amide bonds. The van der Waals surface area contributed by atoms with Crippen molar-refractivity contribution in [1.82, 2.24) is 5.32 Å². The van der Waals surface area contributed by atoms with Gasteiger partial charge in [0.15, 0.2) is 0 Å². The molecular formula is C12H27NO. The van der Waals surface area contributed by atoms with Crippen LogP contribution in [-0.2, 0) is 4.74 Å². The van der Waals surface area contributed by atoms with Crippen LogP contribution in [0.2, 0.25) is 0 Å². The Labute approximate surface area is 89.4 Å². The Morgan fingerprint density at radius 1 is 1.29 bits per heavy atom. The molecule has 0 saturated heterocycles. The van der Waals surface area contributed by atoms with E-state index in [1.54, 1.807) is 7.11 Å². The summed E-state index contributed by atoms with van der Waals surface area (Å²) in [6.45, 7) is 10.9. The van der Waals surface area contributed by atoms with Crippen molar-refractivity contribution < 1.29 is 4.74 Å². The number of methoxy groups -OCH3 is 1. The average Bonchev–Trinajstić information content (AvgIpc) is 2.02. The van der Waals surface area contributed by atoms with E-state index in [2.05, 4.69) is 33.0 Å². The lowest BCUT2D eigenvalue weighted by Gasteiger charge is -2.21. The van der Waals surface area contributed by atoms with Gasteiger partial charge in [-0.05, 0) is 24.8 Å². The highest BCUT2D eigenvalue weighted by Crippen LogP contribution is 2.21. The Morgan fingerprint density at radius 3 is 2.36 bits per heavy atom. The van der Waals surface area contributed by atoms with Crippen LogP contribution in [0.1, 0.15) is 47.0 Å². The summed E-state index contributed by atoms with van der Waals surface area (Å²) in [4.78, 5) is 0. The number of likely N-dealkylation sites (N-methyl/N-ethyl adjacent to an activating group) is 1. The molecule has 0 aliphatic heterocycles. The van der Waals surface area contributed by atoms with E-state index in [9.17, 15) is 0 Å². The first-order valence-corrected chi connectivity index (χ1v) is 5.72. The fourth-order valence-electron chi connectivity index (χ4n) is 1.61. The molecule has 0 aliphatic carbocycles. The van der Waals surface area contributed by atoms with Crippen molar-refractivity contribution in [1.29, 1.82) is 0 Å². The molecule has 0 fully saturated rings. The molecule has 2 heteroatoms. The Bertz CT molecular complexity index is 123. The SMILES string of the molecule is CCNC(CCCC(C)(C)C)COC. The van der Waals surface area contributed by atoms with Crippen molar-refractivity contribution in [2.24, 2.45) is 5.41 Å². The standard InChI is InChI=1S/C12H27NO/c1-6-13-11(10-14-5)8-7-9-12(2,3)4/h11,13H,6-10H2,1-5H3. The number of ether oxygens (including phenoxy) is 1. The van der Waals surface area contributed by atoms with Crippen LogP contribution in [0.4, 0.5) is 0 Å². The highest BCUT2D eigenvalue weighted by molar-refractivity contribution is 4.68. The molecule has 2 nitrogen and oxygen atoms in total. The maximum absolute atomic E-state index is 5.18. The predicted octanol–water partition coefficient (Wildman–Crippen LogP) is 2.83. The van der Waals surface area contributed by atoms with Crippen LogP contribution in [0, 0.1) is 5.41 Å². The molecule has 0 aliphatic rings. The third kappa shape index (κ3) is 8.52. The van der Waals surface area contributed by atoms with Gasteiger partial charge in [0, 0.05) is 13.2 Å². The molecule has 86 valence electrons. The summed E-state index contributed by atoms with van der Waals surface area (Å²) in [5.74, 6) is 0. The zero-order valence-corrected chi connectivity index (χ0v) is 10.5. The number of nitrogens with one attached hydrogen (secondary N) is 1. The molecule has 0 aromatic rings. The summed E-state index contributed by atoms with van der Waals surface area (Å²) in [5, 5.41) is 3.44. The third-order valence-electron chi connectivity index (χ3n) is 2.34. The summed E-state index contributed by atoms with van der Waals surface area (Å²) >= 11 is 0. The van der Waals surface area contributed by atoms with Gasteiger partial charge in [0.2, 0.25) is 0 Å². The van der Waals surface area contributed by atoms with Crippen LogP contribution in [0.3, 0.4) is 0 Å². The lowest BCUT2D eigenvalue weighted by atomic mass is 9.89. The van der Waals surface area contributed by atoms with E-state index in [1.165, 1.54) is 19.3 Å². The lowest BCUT2D eigenvalue weighted by molar-refractivity contribution is 0.160. The lowest BCUT2D eigenvalue weighted by Crippen LogP contribution is -2.33. The summed E-state index contributed by atoms with van der Waals surface area (Å²) < 4.78 is 5.18. The molecule has 0 saturated carbocycles. The number of rotatable bonds is 7. The molecule has 1 N–H and O–H groups in total. The second-order valence-corrected chi connectivity index (χ2v) is 5.16. The van der Waals surface area contributed by atoms with Gasteiger partial charge in [0.05, 0.1) is 6.61 Å². The first-order chi connectivity index (χ1) is 6.49. The zero-order chi connectivity index (χ0) is 11.0. The fourth-order valence-corrected chi connectivity index (χ4v) is 1.61. The zero-order valence-electron chi connectivity index (χ0n) is 10.5. The van der Waals surface area contributed by atoms with E-state index in [0.29, 0.717) is 11.5 Å². The second-order valence-electron chi connectivity index (χ2n) is 5.16. The van der Waals surface area contributed by atoms with E-state index >= 15 is 0 Å². The van der Waals surface area contributed by atoms with E-state index in [-0.39, 0.29) is 0 Å². The van der Waals surface area contributed by atoms with Gasteiger partial charge < -0.3 is 10.1 Å². The largest absolute Gasteiger partial charge is 0.383 e. The minimum atomic E-state index is 0.462. The molecule has 0 radical (unpaired) electrons. The number of hydrogen-bond acceptors (Lipinski definition) is 2. The van der Waals surface area contributed by atoms with Crippen molar-refractivity contribution >= 4 is 0 Å². The normalized spacial score (nSPS) is 14.4. The van der Waals surface area contributed by atoms with Gasteiger partial charge in [-0.25, -0.2) is 0 Å². The minimum absolute atomic E-state index is 0.462. The molecule has 0 aromatic carbocycles. The van der Waals surface area contributed by atoms with Gasteiger partial charge in [0.25, 0.3) is 0 Å². The summed E-state index contributed by atoms with van der Waals surface area (Å²) in [6, 6.07) is 0.535. The van der Waals surface area contributed by atoms with Gasteiger partial charge in [-0.1, -0.05) is 34.1 Å². The summed E-state index contributed by atoms with van der Waals surface area (Å²) in [5.41, 5.74) is 0.462. The van der Waals surface area contributed by atoms with Crippen molar-refractivity contribution in [3.8, 4) is 0 Å². The van der Waals surface area contributed by atoms with Crippen LogP contribution < -0.4 is 5.32 Å². The Kier molecular flexibility index (Phi) is 7.20. The smallest absolute Gasteiger partial charge is 0.0615 e. The van der Waals surface area contributed by atoms with E-state index in [4.69, 9.17) is 4.74 Å². The monoisotopic (exact) mass is 201 g/mol. The average molecular weight is 201 g/mol. The maximum Gasteiger partial charge on any atom is 0.0615 e. The first-order valence-electron chi connectivity index (χ1n) is 5.72. The van der Waals surface area contributed by atoms with Gasteiger partial charge in [-0.2, -0.15) is 0 Å². The molecular weight excluding hydrogens is 174 g/mol. The van der Waals surface area contributed by atoms with Crippen molar-refractivity contribution in [2.75, 3.05) is 20.3 Å². The van der Waals surface area contributed by atoms with Gasteiger partial charge in [-0.3, -0.25) is 0 Å². The van der Waals surface area contributed by atoms with Crippen LogP contribution in [0.5, 0.6) is 0 Å².